The van der Waals surface area contributed by atoms with E-state index in [1.54, 1.807) is 37.5 Å². The summed E-state index contributed by atoms with van der Waals surface area (Å²) in [6.45, 7) is 0. The van der Waals surface area contributed by atoms with Crippen molar-refractivity contribution in [1.29, 1.82) is 0 Å². The third-order valence-corrected chi connectivity index (χ3v) is 3.36. The van der Waals surface area contributed by atoms with Crippen LogP contribution in [0.1, 0.15) is 5.56 Å². The Morgan fingerprint density at radius 2 is 2.05 bits per heavy atom. The van der Waals surface area contributed by atoms with Crippen molar-refractivity contribution in [2.24, 2.45) is 4.99 Å². The van der Waals surface area contributed by atoms with Gasteiger partial charge in [-0.15, -0.1) is 0 Å². The minimum Gasteiger partial charge on any atom is -0.369 e. The molecule has 20 heavy (non-hydrogen) atoms. The van der Waals surface area contributed by atoms with Gasteiger partial charge in [0.15, 0.2) is 0 Å². The third kappa shape index (κ3) is 3.02. The quantitative estimate of drug-likeness (QED) is 0.437. The normalized spacial score (nSPS) is 12.3. The number of aromatic nitrogens is 1. The lowest BCUT2D eigenvalue weighted by Gasteiger charge is -2.13. The molecule has 7 heteroatoms. The molecule has 0 amide bonds. The average molecular weight is 393 g/mol. The van der Waals surface area contributed by atoms with E-state index in [0.717, 1.165) is 6.07 Å². The van der Waals surface area contributed by atoms with E-state index in [1.807, 2.05) is 22.6 Å². The van der Waals surface area contributed by atoms with Crippen molar-refractivity contribution in [2.75, 3.05) is 14.1 Å². The Balaban J connectivity index is 2.76. The van der Waals surface area contributed by atoms with E-state index in [9.17, 15) is 13.2 Å². The Labute approximate surface area is 127 Å². The lowest BCUT2D eigenvalue weighted by atomic mass is 10.1. The number of hydrogen-bond acceptors (Lipinski definition) is 2. The van der Waals surface area contributed by atoms with E-state index in [0.29, 0.717) is 14.6 Å². The zero-order chi connectivity index (χ0) is 14.9. The Morgan fingerprint density at radius 3 is 2.65 bits per heavy atom. The highest BCUT2D eigenvalue weighted by atomic mass is 127. The first-order valence-electron chi connectivity index (χ1n) is 5.65. The van der Waals surface area contributed by atoms with E-state index in [-0.39, 0.29) is 5.52 Å². The third-order valence-electron chi connectivity index (χ3n) is 2.54. The van der Waals surface area contributed by atoms with Crippen LogP contribution in [0.2, 0.25) is 0 Å². The Morgan fingerprint density at radius 1 is 1.35 bits per heavy atom. The van der Waals surface area contributed by atoms with Gasteiger partial charge in [-0.3, -0.25) is 4.98 Å². The van der Waals surface area contributed by atoms with Gasteiger partial charge >= 0.3 is 6.18 Å². The van der Waals surface area contributed by atoms with Crippen LogP contribution in [0.4, 0.5) is 18.9 Å². The molecule has 0 radical (unpaired) electrons. The molecule has 0 spiro atoms. The highest BCUT2D eigenvalue weighted by Gasteiger charge is 2.34. The number of pyridine rings is 1. The zero-order valence-corrected chi connectivity index (χ0v) is 12.9. The number of nitrogens with zero attached hydrogens (tertiary/aromatic N) is 3. The second-order valence-electron chi connectivity index (χ2n) is 4.36. The standard InChI is InChI=1S/C13H11F3IN3/c1-20(2)7-19-12-8-4-3-5-18-11(8)9(6-10(12)17)13(14,15)16/h3-7H,1-2H3/b19-7+. The van der Waals surface area contributed by atoms with Crippen molar-refractivity contribution >= 4 is 45.5 Å². The monoisotopic (exact) mass is 393 g/mol. The number of rotatable bonds is 2. The highest BCUT2D eigenvalue weighted by Crippen LogP contribution is 2.39. The van der Waals surface area contributed by atoms with Crippen molar-refractivity contribution in [3.63, 3.8) is 0 Å². The predicted octanol–water partition coefficient (Wildman–Crippen LogP) is 4.08. The fourth-order valence-electron chi connectivity index (χ4n) is 1.72. The van der Waals surface area contributed by atoms with Crippen LogP contribution in [-0.2, 0) is 6.18 Å². The molecule has 1 aromatic carbocycles. The van der Waals surface area contributed by atoms with Crippen LogP contribution in [0, 0.1) is 3.57 Å². The molecule has 0 atom stereocenters. The fraction of sp³-hybridized carbons (Fsp3) is 0.231. The highest BCUT2D eigenvalue weighted by molar-refractivity contribution is 14.1. The van der Waals surface area contributed by atoms with E-state index in [1.165, 1.54) is 6.20 Å². The molecule has 0 aliphatic rings. The summed E-state index contributed by atoms with van der Waals surface area (Å²) in [6.07, 6.45) is -1.53. The second-order valence-corrected chi connectivity index (χ2v) is 5.52. The van der Waals surface area contributed by atoms with E-state index in [2.05, 4.69) is 9.98 Å². The maximum absolute atomic E-state index is 13.1. The van der Waals surface area contributed by atoms with Crippen LogP contribution in [0.5, 0.6) is 0 Å². The van der Waals surface area contributed by atoms with Crippen LogP contribution in [0.25, 0.3) is 10.9 Å². The number of benzene rings is 1. The van der Waals surface area contributed by atoms with Gasteiger partial charge in [0.2, 0.25) is 0 Å². The van der Waals surface area contributed by atoms with E-state index < -0.39 is 11.7 Å². The van der Waals surface area contributed by atoms with Gasteiger partial charge in [0, 0.05) is 29.2 Å². The first kappa shape index (κ1) is 15.0. The SMILES string of the molecule is CN(C)/C=N/c1c(I)cc(C(F)(F)F)c2ncccc12. The Bertz CT molecular complexity index is 666. The maximum Gasteiger partial charge on any atom is 0.418 e. The molecule has 0 aliphatic heterocycles. The van der Waals surface area contributed by atoms with Gasteiger partial charge in [0.1, 0.15) is 0 Å². The first-order valence-corrected chi connectivity index (χ1v) is 6.73. The minimum absolute atomic E-state index is 0.0775. The molecule has 1 aromatic heterocycles. The smallest absolute Gasteiger partial charge is 0.369 e. The van der Waals surface area contributed by atoms with Crippen LogP contribution >= 0.6 is 22.6 Å². The summed E-state index contributed by atoms with van der Waals surface area (Å²) >= 11 is 1.86. The molecule has 106 valence electrons. The molecule has 2 aromatic rings. The van der Waals surface area contributed by atoms with Crippen LogP contribution < -0.4 is 0 Å². The van der Waals surface area contributed by atoms with Crippen LogP contribution in [-0.4, -0.2) is 30.3 Å². The summed E-state index contributed by atoms with van der Waals surface area (Å²) in [5, 5.41) is 0.393. The summed E-state index contributed by atoms with van der Waals surface area (Å²) in [5.41, 5.74) is -0.317. The zero-order valence-electron chi connectivity index (χ0n) is 10.7. The number of aliphatic imine (C=N–C) groups is 1. The molecular weight excluding hydrogens is 382 g/mol. The summed E-state index contributed by atoms with van der Waals surface area (Å²) in [4.78, 5) is 9.83. The van der Waals surface area contributed by atoms with Gasteiger partial charge in [0.05, 0.1) is 23.1 Å². The van der Waals surface area contributed by atoms with Gasteiger partial charge in [-0.2, -0.15) is 13.2 Å². The van der Waals surface area contributed by atoms with Crippen molar-refractivity contribution in [3.8, 4) is 0 Å². The van der Waals surface area contributed by atoms with Crippen molar-refractivity contribution in [1.82, 2.24) is 9.88 Å². The molecule has 0 bridgehead atoms. The van der Waals surface area contributed by atoms with Crippen molar-refractivity contribution in [2.45, 2.75) is 6.18 Å². The van der Waals surface area contributed by atoms with E-state index in [4.69, 9.17) is 0 Å². The number of halogens is 4. The largest absolute Gasteiger partial charge is 0.418 e. The molecule has 0 saturated carbocycles. The number of alkyl halides is 3. The molecule has 0 saturated heterocycles. The second kappa shape index (κ2) is 5.55. The first-order chi connectivity index (χ1) is 9.30. The summed E-state index contributed by atoms with van der Waals surface area (Å²) in [5.74, 6) is 0. The molecule has 1 heterocycles. The lowest BCUT2D eigenvalue weighted by Crippen LogP contribution is -2.09. The van der Waals surface area contributed by atoms with Crippen molar-refractivity contribution in [3.05, 3.63) is 33.5 Å². The molecule has 0 N–H and O–H groups in total. The van der Waals surface area contributed by atoms with Gasteiger partial charge in [-0.1, -0.05) is 0 Å². The Kier molecular flexibility index (Phi) is 4.17. The average Bonchev–Trinajstić information content (AvgIpc) is 2.35. The predicted molar refractivity (Wildman–Crippen MR) is 81.3 cm³/mol. The number of hydrogen-bond donors (Lipinski definition) is 0. The molecular formula is C13H11F3IN3. The summed E-state index contributed by atoms with van der Waals surface area (Å²) in [6, 6.07) is 4.29. The summed E-state index contributed by atoms with van der Waals surface area (Å²) in [7, 11) is 3.59. The molecule has 2 rings (SSSR count). The maximum atomic E-state index is 13.1. The Hall–Kier alpha value is -1.38. The molecule has 3 nitrogen and oxygen atoms in total. The topological polar surface area (TPSA) is 28.5 Å². The van der Waals surface area contributed by atoms with Crippen molar-refractivity contribution < 1.29 is 13.2 Å². The van der Waals surface area contributed by atoms with Gasteiger partial charge in [0.25, 0.3) is 0 Å². The van der Waals surface area contributed by atoms with E-state index >= 15 is 0 Å². The fourth-order valence-corrected chi connectivity index (χ4v) is 2.46. The minimum atomic E-state index is -4.43. The number of fused-ring (bicyclic) bond motifs is 1. The van der Waals surface area contributed by atoms with Gasteiger partial charge in [-0.05, 0) is 40.8 Å². The van der Waals surface area contributed by atoms with Gasteiger partial charge in [-0.25, -0.2) is 4.99 Å². The lowest BCUT2D eigenvalue weighted by molar-refractivity contribution is -0.136. The molecule has 0 fully saturated rings. The van der Waals surface area contributed by atoms with Crippen LogP contribution in [0.15, 0.2) is 29.4 Å². The summed E-state index contributed by atoms with van der Waals surface area (Å²) < 4.78 is 39.6. The molecule has 0 unspecified atom stereocenters. The van der Waals surface area contributed by atoms with Gasteiger partial charge < -0.3 is 4.90 Å². The van der Waals surface area contributed by atoms with Crippen LogP contribution in [0.3, 0.4) is 0 Å². The molecule has 0 aliphatic carbocycles.